The molecule has 2 heterocycles. The Bertz CT molecular complexity index is 757. The van der Waals surface area contributed by atoms with Gasteiger partial charge < -0.3 is 14.8 Å². The summed E-state index contributed by atoms with van der Waals surface area (Å²) in [4.78, 5) is 11.6. The van der Waals surface area contributed by atoms with Gasteiger partial charge in [0.1, 0.15) is 10.8 Å². The monoisotopic (exact) mass is 349 g/mol. The van der Waals surface area contributed by atoms with Gasteiger partial charge in [0, 0.05) is 30.7 Å². The first-order chi connectivity index (χ1) is 11.7. The van der Waals surface area contributed by atoms with Crippen molar-refractivity contribution in [2.45, 2.75) is 18.3 Å². The quantitative estimate of drug-likeness (QED) is 0.867. The topological polar surface area (TPSA) is 76.2 Å². The second-order valence-corrected chi connectivity index (χ2v) is 6.25. The molecule has 0 saturated carbocycles. The number of anilines is 1. The molecule has 0 amide bonds. The molecule has 2 N–H and O–H groups in total. The number of aromatic amines is 1. The largest absolute Gasteiger partial charge is 0.496 e. The SMILES string of the molecule is COc1ccccc1C1(CNc2cn[nH]c(=O)c2Cl)CCOCC1. The van der Waals surface area contributed by atoms with Crippen molar-refractivity contribution < 1.29 is 9.47 Å². The summed E-state index contributed by atoms with van der Waals surface area (Å²) in [5, 5.41) is 9.53. The summed E-state index contributed by atoms with van der Waals surface area (Å²) in [6.45, 7) is 1.98. The second kappa shape index (κ2) is 7.23. The first-order valence-corrected chi connectivity index (χ1v) is 8.22. The minimum Gasteiger partial charge on any atom is -0.496 e. The standard InChI is InChI=1S/C17H20ClN3O3/c1-23-14-5-3-2-4-12(14)17(6-8-24-9-7-17)11-19-13-10-20-21-16(22)15(13)18/h2-5,10H,6-9,11H2,1H3,(H2,19,21,22). The number of aromatic nitrogens is 2. The molecular weight excluding hydrogens is 330 g/mol. The highest BCUT2D eigenvalue weighted by Gasteiger charge is 2.36. The summed E-state index contributed by atoms with van der Waals surface area (Å²) in [5.41, 5.74) is 1.11. The molecule has 128 valence electrons. The molecule has 1 fully saturated rings. The molecule has 1 aliphatic heterocycles. The predicted octanol–water partition coefficient (Wildman–Crippen LogP) is 2.59. The summed E-state index contributed by atoms with van der Waals surface area (Å²) >= 11 is 6.07. The lowest BCUT2D eigenvalue weighted by Crippen LogP contribution is -2.40. The van der Waals surface area contributed by atoms with Crippen molar-refractivity contribution in [1.29, 1.82) is 0 Å². The van der Waals surface area contributed by atoms with E-state index in [4.69, 9.17) is 21.1 Å². The van der Waals surface area contributed by atoms with E-state index in [9.17, 15) is 4.79 Å². The number of hydrogen-bond acceptors (Lipinski definition) is 5. The van der Waals surface area contributed by atoms with Gasteiger partial charge in [-0.2, -0.15) is 5.10 Å². The van der Waals surface area contributed by atoms with E-state index in [2.05, 4.69) is 21.6 Å². The number of hydrogen-bond donors (Lipinski definition) is 2. The summed E-state index contributed by atoms with van der Waals surface area (Å²) in [6.07, 6.45) is 3.24. The third kappa shape index (κ3) is 3.25. The Labute approximate surface area is 145 Å². The molecule has 1 saturated heterocycles. The van der Waals surface area contributed by atoms with Gasteiger partial charge in [-0.25, -0.2) is 5.10 Å². The molecule has 6 nitrogen and oxygen atoms in total. The molecule has 0 spiro atoms. The maximum absolute atomic E-state index is 11.6. The molecule has 1 aromatic heterocycles. The van der Waals surface area contributed by atoms with E-state index in [0.29, 0.717) is 25.4 Å². The van der Waals surface area contributed by atoms with E-state index >= 15 is 0 Å². The van der Waals surface area contributed by atoms with Crippen molar-refractivity contribution in [3.8, 4) is 5.75 Å². The van der Waals surface area contributed by atoms with Crippen molar-refractivity contribution in [1.82, 2.24) is 10.2 Å². The van der Waals surface area contributed by atoms with Crippen LogP contribution in [0.15, 0.2) is 35.3 Å². The van der Waals surface area contributed by atoms with Crippen LogP contribution in [0.3, 0.4) is 0 Å². The number of rotatable bonds is 5. The summed E-state index contributed by atoms with van der Waals surface area (Å²) in [7, 11) is 1.68. The molecule has 0 bridgehead atoms. The first-order valence-electron chi connectivity index (χ1n) is 7.84. The third-order valence-corrected chi connectivity index (χ3v) is 4.92. The molecule has 0 unspecified atom stereocenters. The van der Waals surface area contributed by atoms with Gasteiger partial charge in [0.2, 0.25) is 0 Å². The number of benzene rings is 1. The van der Waals surface area contributed by atoms with Crippen molar-refractivity contribution in [3.63, 3.8) is 0 Å². The molecule has 0 aliphatic carbocycles. The van der Waals surface area contributed by atoms with Gasteiger partial charge in [-0.3, -0.25) is 4.79 Å². The summed E-state index contributed by atoms with van der Waals surface area (Å²) < 4.78 is 11.1. The van der Waals surface area contributed by atoms with Crippen LogP contribution >= 0.6 is 11.6 Å². The van der Waals surface area contributed by atoms with Gasteiger partial charge in [0.05, 0.1) is 19.0 Å². The highest BCUT2D eigenvalue weighted by Crippen LogP contribution is 2.40. The Kier molecular flexibility index (Phi) is 5.06. The minimum absolute atomic E-state index is 0.118. The molecular formula is C17H20ClN3O3. The minimum atomic E-state index is -0.403. The van der Waals surface area contributed by atoms with E-state index in [1.807, 2.05) is 18.2 Å². The number of H-pyrrole nitrogens is 1. The third-order valence-electron chi connectivity index (χ3n) is 4.54. The molecule has 1 aromatic carbocycles. The maximum atomic E-state index is 11.6. The number of methoxy groups -OCH3 is 1. The number of nitrogens with one attached hydrogen (secondary N) is 2. The fourth-order valence-electron chi connectivity index (χ4n) is 3.16. The van der Waals surface area contributed by atoms with Gasteiger partial charge >= 0.3 is 0 Å². The van der Waals surface area contributed by atoms with Gasteiger partial charge in [0.15, 0.2) is 0 Å². The molecule has 7 heteroatoms. The zero-order valence-electron chi connectivity index (χ0n) is 13.5. The lowest BCUT2D eigenvalue weighted by molar-refractivity contribution is 0.0536. The van der Waals surface area contributed by atoms with Gasteiger partial charge in [-0.05, 0) is 18.9 Å². The molecule has 0 radical (unpaired) electrons. The Morgan fingerprint density at radius 3 is 2.88 bits per heavy atom. The summed E-state index contributed by atoms with van der Waals surface area (Å²) in [5.74, 6) is 0.858. The van der Waals surface area contributed by atoms with Crippen LogP contribution in [-0.4, -0.2) is 37.1 Å². The fourth-order valence-corrected chi connectivity index (χ4v) is 3.32. The van der Waals surface area contributed by atoms with Crippen molar-refractivity contribution >= 4 is 17.3 Å². The van der Waals surface area contributed by atoms with Crippen LogP contribution in [0.1, 0.15) is 18.4 Å². The highest BCUT2D eigenvalue weighted by molar-refractivity contribution is 6.32. The van der Waals surface area contributed by atoms with Crippen LogP contribution in [0.5, 0.6) is 5.75 Å². The van der Waals surface area contributed by atoms with E-state index in [-0.39, 0.29) is 10.4 Å². The Hall–Kier alpha value is -2.05. The first kappa shape index (κ1) is 16.8. The van der Waals surface area contributed by atoms with Gasteiger partial charge in [-0.15, -0.1) is 0 Å². The van der Waals surface area contributed by atoms with Crippen molar-refractivity contribution in [2.75, 3.05) is 32.2 Å². The van der Waals surface area contributed by atoms with Crippen molar-refractivity contribution in [3.05, 3.63) is 51.4 Å². The van der Waals surface area contributed by atoms with Crippen LogP contribution in [-0.2, 0) is 10.2 Å². The number of para-hydroxylation sites is 1. The van der Waals surface area contributed by atoms with E-state index in [1.165, 1.54) is 6.20 Å². The lowest BCUT2D eigenvalue weighted by Gasteiger charge is -2.39. The number of nitrogens with zero attached hydrogens (tertiary/aromatic N) is 1. The van der Waals surface area contributed by atoms with Crippen LogP contribution in [0.4, 0.5) is 5.69 Å². The molecule has 1 aliphatic rings. The zero-order valence-corrected chi connectivity index (χ0v) is 14.2. The van der Waals surface area contributed by atoms with Gasteiger partial charge in [-0.1, -0.05) is 29.8 Å². The fraction of sp³-hybridized carbons (Fsp3) is 0.412. The highest BCUT2D eigenvalue weighted by atomic mass is 35.5. The normalized spacial score (nSPS) is 16.6. The molecule has 3 rings (SSSR count). The van der Waals surface area contributed by atoms with Crippen LogP contribution in [0.25, 0.3) is 0 Å². The van der Waals surface area contributed by atoms with E-state index in [1.54, 1.807) is 7.11 Å². The second-order valence-electron chi connectivity index (χ2n) is 5.87. The number of halogens is 1. The molecule has 0 atom stereocenters. The average Bonchev–Trinajstić information content (AvgIpc) is 2.63. The molecule has 24 heavy (non-hydrogen) atoms. The van der Waals surface area contributed by atoms with Crippen LogP contribution in [0.2, 0.25) is 5.02 Å². The predicted molar refractivity (Wildman–Crippen MR) is 93.1 cm³/mol. The Balaban J connectivity index is 1.92. The van der Waals surface area contributed by atoms with E-state index in [0.717, 1.165) is 24.2 Å². The number of ether oxygens (including phenoxy) is 2. The van der Waals surface area contributed by atoms with E-state index < -0.39 is 5.56 Å². The van der Waals surface area contributed by atoms with Gasteiger partial charge in [0.25, 0.3) is 5.56 Å². The Morgan fingerprint density at radius 1 is 1.38 bits per heavy atom. The maximum Gasteiger partial charge on any atom is 0.285 e. The summed E-state index contributed by atoms with van der Waals surface area (Å²) in [6, 6.07) is 8.02. The zero-order chi connectivity index (χ0) is 17.0. The smallest absolute Gasteiger partial charge is 0.285 e. The van der Waals surface area contributed by atoms with Crippen LogP contribution < -0.4 is 15.6 Å². The molecule has 2 aromatic rings. The lowest BCUT2D eigenvalue weighted by atomic mass is 9.73. The average molecular weight is 350 g/mol. The van der Waals surface area contributed by atoms with Crippen LogP contribution in [0, 0.1) is 0 Å². The van der Waals surface area contributed by atoms with Crippen molar-refractivity contribution in [2.24, 2.45) is 0 Å². The Morgan fingerprint density at radius 2 is 2.12 bits per heavy atom.